The van der Waals surface area contributed by atoms with E-state index in [9.17, 15) is 16.8 Å². The molecule has 3 N–H and O–H groups in total. The van der Waals surface area contributed by atoms with E-state index in [-0.39, 0.29) is 9.79 Å². The number of hydrogen-bond donors (Lipinski definition) is 2. The molecule has 0 heterocycles. The normalized spacial score (nSPS) is 13.7. The Balaban J connectivity index is 2.30. The summed E-state index contributed by atoms with van der Waals surface area (Å²) in [6.45, 7) is 1.60. The molecule has 23 heavy (non-hydrogen) atoms. The summed E-state index contributed by atoms with van der Waals surface area (Å²) in [6.07, 6.45) is 0. The molecule has 0 bridgehead atoms. The molecule has 0 saturated carbocycles. The molecule has 1 atom stereocenters. The largest absolute Gasteiger partial charge is 0.241 e. The fraction of sp³-hybridized carbons (Fsp3) is 0.143. The van der Waals surface area contributed by atoms with Crippen LogP contribution in [0, 0.1) is 0 Å². The lowest BCUT2D eigenvalue weighted by Gasteiger charge is -2.15. The van der Waals surface area contributed by atoms with Crippen molar-refractivity contribution < 1.29 is 16.8 Å². The number of nitrogens with one attached hydrogen (secondary N) is 1. The van der Waals surface area contributed by atoms with Gasteiger partial charge >= 0.3 is 0 Å². The molecule has 2 rings (SSSR count). The van der Waals surface area contributed by atoms with E-state index < -0.39 is 26.1 Å². The van der Waals surface area contributed by atoms with Crippen molar-refractivity contribution in [3.8, 4) is 0 Å². The Morgan fingerprint density at radius 1 is 1.00 bits per heavy atom. The van der Waals surface area contributed by atoms with E-state index in [1.165, 1.54) is 36.4 Å². The van der Waals surface area contributed by atoms with Gasteiger partial charge in [0.2, 0.25) is 20.0 Å². The lowest BCUT2D eigenvalue weighted by molar-refractivity contribution is 0.566. The molecule has 0 unspecified atom stereocenters. The number of halogens is 1. The van der Waals surface area contributed by atoms with Crippen LogP contribution in [0.25, 0.3) is 0 Å². The van der Waals surface area contributed by atoms with Crippen LogP contribution in [0.3, 0.4) is 0 Å². The third-order valence-corrected chi connectivity index (χ3v) is 5.81. The highest BCUT2D eigenvalue weighted by molar-refractivity contribution is 7.89. The molecule has 2 aromatic rings. The Hall–Kier alpha value is -1.45. The van der Waals surface area contributed by atoms with Crippen LogP contribution in [0.1, 0.15) is 18.5 Å². The molecule has 0 aromatic heterocycles. The Morgan fingerprint density at radius 2 is 1.61 bits per heavy atom. The molecule has 0 spiro atoms. The van der Waals surface area contributed by atoms with Crippen LogP contribution in [0.15, 0.2) is 58.3 Å². The molecule has 0 aliphatic carbocycles. The lowest BCUT2D eigenvalue weighted by atomic mass is 10.1. The average molecular weight is 375 g/mol. The van der Waals surface area contributed by atoms with Gasteiger partial charge in [0.1, 0.15) is 0 Å². The Labute approximate surface area is 140 Å². The fourth-order valence-electron chi connectivity index (χ4n) is 1.96. The van der Waals surface area contributed by atoms with Gasteiger partial charge in [0, 0.05) is 11.1 Å². The van der Waals surface area contributed by atoms with Crippen LogP contribution in [0.4, 0.5) is 0 Å². The molecule has 0 fully saturated rings. The summed E-state index contributed by atoms with van der Waals surface area (Å²) < 4.78 is 49.9. The van der Waals surface area contributed by atoms with Crippen molar-refractivity contribution in [1.29, 1.82) is 0 Å². The molecular formula is C14H15ClN2O4S2. The Morgan fingerprint density at radius 3 is 2.22 bits per heavy atom. The maximum absolute atomic E-state index is 12.3. The monoisotopic (exact) mass is 374 g/mol. The number of hydrogen-bond acceptors (Lipinski definition) is 4. The van der Waals surface area contributed by atoms with E-state index in [0.29, 0.717) is 10.6 Å². The van der Waals surface area contributed by atoms with E-state index in [2.05, 4.69) is 4.72 Å². The third kappa shape index (κ3) is 4.52. The first-order chi connectivity index (χ1) is 10.6. The van der Waals surface area contributed by atoms with E-state index in [4.69, 9.17) is 16.7 Å². The second-order valence-electron chi connectivity index (χ2n) is 4.92. The topological polar surface area (TPSA) is 106 Å². The summed E-state index contributed by atoms with van der Waals surface area (Å²) in [4.78, 5) is -0.0525. The van der Waals surface area contributed by atoms with Crippen LogP contribution < -0.4 is 9.86 Å². The third-order valence-electron chi connectivity index (χ3n) is 3.12. The summed E-state index contributed by atoms with van der Waals surface area (Å²) in [7, 11) is -7.65. The van der Waals surface area contributed by atoms with Crippen molar-refractivity contribution in [3.63, 3.8) is 0 Å². The second kappa shape index (κ2) is 6.58. The van der Waals surface area contributed by atoms with Crippen LogP contribution in [0.2, 0.25) is 5.02 Å². The molecule has 2 aromatic carbocycles. The summed E-state index contributed by atoms with van der Waals surface area (Å²) in [6, 6.07) is 11.0. The second-order valence-corrected chi connectivity index (χ2v) is 8.63. The van der Waals surface area contributed by atoms with Crippen LogP contribution in [-0.4, -0.2) is 16.8 Å². The van der Waals surface area contributed by atoms with Gasteiger partial charge in [0.05, 0.1) is 9.79 Å². The molecule has 124 valence electrons. The minimum atomic E-state index is -3.85. The summed E-state index contributed by atoms with van der Waals surface area (Å²) in [5.41, 5.74) is 0.474. The number of nitrogens with two attached hydrogens (primary N) is 1. The Kier molecular flexibility index (Phi) is 5.12. The van der Waals surface area contributed by atoms with E-state index >= 15 is 0 Å². The number of primary sulfonamides is 1. The van der Waals surface area contributed by atoms with Crippen molar-refractivity contribution in [2.24, 2.45) is 5.14 Å². The van der Waals surface area contributed by atoms with E-state index in [1.807, 2.05) is 0 Å². The zero-order valence-corrected chi connectivity index (χ0v) is 14.5. The smallest absolute Gasteiger partial charge is 0.225 e. The molecule has 0 aliphatic rings. The fourth-order valence-corrected chi connectivity index (χ4v) is 4.06. The van der Waals surface area contributed by atoms with Gasteiger partial charge in [-0.3, -0.25) is 0 Å². The quantitative estimate of drug-likeness (QED) is 0.834. The first-order valence-corrected chi connectivity index (χ1v) is 9.91. The van der Waals surface area contributed by atoms with Gasteiger partial charge < -0.3 is 0 Å². The van der Waals surface area contributed by atoms with Gasteiger partial charge in [-0.1, -0.05) is 29.8 Å². The van der Waals surface area contributed by atoms with Crippen molar-refractivity contribution >= 4 is 31.6 Å². The molecule has 0 radical (unpaired) electrons. The Bertz CT molecular complexity index is 927. The van der Waals surface area contributed by atoms with Gasteiger partial charge in [0.25, 0.3) is 0 Å². The van der Waals surface area contributed by atoms with Crippen LogP contribution >= 0.6 is 11.6 Å². The highest BCUT2D eigenvalue weighted by atomic mass is 35.5. The molecule has 9 heteroatoms. The predicted octanol–water partition coefficient (Wildman–Crippen LogP) is 2.03. The molecule has 0 saturated heterocycles. The molecule has 6 nitrogen and oxygen atoms in total. The number of rotatable bonds is 5. The maximum Gasteiger partial charge on any atom is 0.241 e. The van der Waals surface area contributed by atoms with Gasteiger partial charge in [0.15, 0.2) is 0 Å². The maximum atomic E-state index is 12.3. The average Bonchev–Trinajstić information content (AvgIpc) is 2.46. The van der Waals surface area contributed by atoms with E-state index in [0.717, 1.165) is 0 Å². The van der Waals surface area contributed by atoms with Crippen LogP contribution in [-0.2, 0) is 20.0 Å². The summed E-state index contributed by atoms with van der Waals surface area (Å²) in [5, 5.41) is 5.38. The van der Waals surface area contributed by atoms with Gasteiger partial charge in [-0.15, -0.1) is 0 Å². The summed E-state index contributed by atoms with van der Waals surface area (Å²) >= 11 is 5.80. The highest BCUT2D eigenvalue weighted by Gasteiger charge is 2.19. The SMILES string of the molecule is C[C@@H](NS(=O)(=O)c1cccc(Cl)c1)c1cccc(S(N)(=O)=O)c1. The first kappa shape index (κ1) is 17.9. The van der Waals surface area contributed by atoms with Gasteiger partial charge in [-0.2, -0.15) is 0 Å². The first-order valence-electron chi connectivity index (χ1n) is 6.50. The number of benzene rings is 2. The molecule has 0 aliphatic heterocycles. The predicted molar refractivity (Wildman–Crippen MR) is 88.0 cm³/mol. The zero-order chi connectivity index (χ0) is 17.3. The van der Waals surface area contributed by atoms with Crippen molar-refractivity contribution in [2.45, 2.75) is 22.8 Å². The minimum Gasteiger partial charge on any atom is -0.225 e. The standard InChI is InChI=1S/C14H15ClN2O4S2/c1-10(11-4-2-6-13(8-11)22(16,18)19)17-23(20,21)14-7-3-5-12(15)9-14/h2-10,17H,1H3,(H2,16,18,19)/t10-/m1/s1. The van der Waals surface area contributed by atoms with Gasteiger partial charge in [-0.05, 0) is 42.8 Å². The minimum absolute atomic E-state index is 0.0273. The van der Waals surface area contributed by atoms with Gasteiger partial charge in [-0.25, -0.2) is 26.7 Å². The van der Waals surface area contributed by atoms with Crippen molar-refractivity contribution in [2.75, 3.05) is 0 Å². The van der Waals surface area contributed by atoms with E-state index in [1.54, 1.807) is 19.1 Å². The molecule has 0 amide bonds. The zero-order valence-electron chi connectivity index (χ0n) is 12.1. The van der Waals surface area contributed by atoms with Crippen molar-refractivity contribution in [3.05, 3.63) is 59.1 Å². The van der Waals surface area contributed by atoms with Crippen molar-refractivity contribution in [1.82, 2.24) is 4.72 Å². The summed E-state index contributed by atoms with van der Waals surface area (Å²) in [5.74, 6) is 0. The molecular weight excluding hydrogens is 360 g/mol. The highest BCUT2D eigenvalue weighted by Crippen LogP contribution is 2.21. The lowest BCUT2D eigenvalue weighted by Crippen LogP contribution is -2.27. The van der Waals surface area contributed by atoms with Crippen LogP contribution in [0.5, 0.6) is 0 Å². The number of sulfonamides is 2.